The molecule has 3 aliphatic rings. The van der Waals surface area contributed by atoms with Gasteiger partial charge in [0.05, 0.1) is 36.3 Å². The van der Waals surface area contributed by atoms with E-state index in [2.05, 4.69) is 23.5 Å². The van der Waals surface area contributed by atoms with Crippen molar-refractivity contribution in [3.63, 3.8) is 0 Å². The van der Waals surface area contributed by atoms with E-state index in [-0.39, 0.29) is 38.2 Å². The lowest BCUT2D eigenvalue weighted by Gasteiger charge is -2.39. The summed E-state index contributed by atoms with van der Waals surface area (Å²) in [6.45, 7) is 9.37. The number of fused-ring (bicyclic) bond motifs is 2. The van der Waals surface area contributed by atoms with Crippen molar-refractivity contribution >= 4 is 28.8 Å². The topological polar surface area (TPSA) is 127 Å². The van der Waals surface area contributed by atoms with Gasteiger partial charge in [-0.25, -0.2) is 4.68 Å². The lowest BCUT2D eigenvalue weighted by atomic mass is 9.66. The van der Waals surface area contributed by atoms with Gasteiger partial charge in [0.15, 0.2) is 0 Å². The second-order valence-electron chi connectivity index (χ2n) is 12.3. The van der Waals surface area contributed by atoms with Crippen molar-refractivity contribution in [1.82, 2.24) is 24.8 Å². The maximum absolute atomic E-state index is 14.9. The van der Waals surface area contributed by atoms with Crippen molar-refractivity contribution in [2.75, 3.05) is 19.8 Å². The van der Waals surface area contributed by atoms with Crippen molar-refractivity contribution in [3.8, 4) is 0 Å². The molecule has 3 aliphatic heterocycles. The number of para-hydroxylation sites is 1. The smallest absolute Gasteiger partial charge is 0.312 e. The molecule has 6 rings (SSSR count). The number of aliphatic hydroxyl groups is 1. The standard InChI is InChI=1S/C34H39N5O6/c1-4-6-19-44-32(43)28-27-30(41)39(24(21-40)20-23-12-8-7-9-13-23)29(34(27)17-16-33(28,3)45-34)31(42)37(18-5-2)22-38-26-15-11-10-14-25(26)35-36-38/h4-5,7-15,24,27-29,40H,1-2,6,16-22H2,3H3/t24-,27+,28-,29?,33+,34?/m1/s1. The molecule has 4 heterocycles. The van der Waals surface area contributed by atoms with Crippen LogP contribution in [0.4, 0.5) is 0 Å². The number of carbonyl (C=O) groups excluding carboxylic acids is 3. The van der Waals surface area contributed by atoms with E-state index < -0.39 is 41.1 Å². The number of rotatable bonds is 13. The van der Waals surface area contributed by atoms with Crippen molar-refractivity contribution in [1.29, 1.82) is 0 Å². The number of esters is 1. The fourth-order valence-corrected chi connectivity index (χ4v) is 7.59. The van der Waals surface area contributed by atoms with Gasteiger partial charge in [-0.05, 0) is 50.3 Å². The fourth-order valence-electron chi connectivity index (χ4n) is 7.59. The molecule has 1 N–H and O–H groups in total. The first-order valence-corrected chi connectivity index (χ1v) is 15.4. The summed E-state index contributed by atoms with van der Waals surface area (Å²) in [4.78, 5) is 46.2. The number of likely N-dealkylation sites (tertiary alicyclic amines) is 1. The highest BCUT2D eigenvalue weighted by atomic mass is 16.6. The number of ether oxygens (including phenoxy) is 2. The summed E-state index contributed by atoms with van der Waals surface area (Å²) in [5.41, 5.74) is 0.0838. The van der Waals surface area contributed by atoms with Gasteiger partial charge < -0.3 is 24.4 Å². The van der Waals surface area contributed by atoms with Gasteiger partial charge in [-0.1, -0.05) is 59.8 Å². The Morgan fingerprint density at radius 2 is 1.91 bits per heavy atom. The first-order chi connectivity index (χ1) is 21.8. The van der Waals surface area contributed by atoms with Gasteiger partial charge >= 0.3 is 5.97 Å². The molecule has 2 bridgehead atoms. The van der Waals surface area contributed by atoms with Crippen LogP contribution in [-0.2, 0) is 36.9 Å². The van der Waals surface area contributed by atoms with Crippen LogP contribution in [-0.4, -0.2) is 90.7 Å². The molecule has 0 aliphatic carbocycles. The Morgan fingerprint density at radius 1 is 1.16 bits per heavy atom. The first-order valence-electron chi connectivity index (χ1n) is 15.4. The maximum atomic E-state index is 14.9. The zero-order valence-electron chi connectivity index (χ0n) is 25.5. The zero-order valence-corrected chi connectivity index (χ0v) is 25.5. The van der Waals surface area contributed by atoms with Crippen LogP contribution >= 0.6 is 0 Å². The number of carbonyl (C=O) groups is 3. The number of aromatic nitrogens is 3. The van der Waals surface area contributed by atoms with Crippen LogP contribution in [0.5, 0.6) is 0 Å². The summed E-state index contributed by atoms with van der Waals surface area (Å²) < 4.78 is 14.0. The predicted octanol–water partition coefficient (Wildman–Crippen LogP) is 2.89. The molecule has 2 aromatic carbocycles. The number of amides is 2. The Kier molecular flexibility index (Phi) is 8.32. The number of nitrogens with zero attached hydrogens (tertiary/aromatic N) is 5. The summed E-state index contributed by atoms with van der Waals surface area (Å²) in [6, 6.07) is 15.1. The van der Waals surface area contributed by atoms with E-state index in [4.69, 9.17) is 9.47 Å². The largest absolute Gasteiger partial charge is 0.465 e. The molecule has 0 saturated carbocycles. The minimum atomic E-state index is -1.28. The molecular formula is C34H39N5O6. The SMILES string of the molecule is C=CCCOC(=O)[C@H]1[C@H]2C(=O)N([C@@H](CO)Cc3ccccc3)C(C(=O)N(CC=C)Cn3nnc4ccccc43)C23CC[C@]1(C)O3. The molecule has 45 heavy (non-hydrogen) atoms. The monoisotopic (exact) mass is 613 g/mol. The van der Waals surface area contributed by atoms with Crippen molar-refractivity contribution < 1.29 is 29.0 Å². The molecule has 11 nitrogen and oxygen atoms in total. The predicted molar refractivity (Wildman–Crippen MR) is 165 cm³/mol. The number of aliphatic hydroxyl groups excluding tert-OH is 1. The molecule has 11 heteroatoms. The Morgan fingerprint density at radius 3 is 2.64 bits per heavy atom. The van der Waals surface area contributed by atoms with Gasteiger partial charge in [0.25, 0.3) is 0 Å². The van der Waals surface area contributed by atoms with E-state index in [1.165, 1.54) is 4.90 Å². The molecule has 1 aromatic heterocycles. The van der Waals surface area contributed by atoms with Gasteiger partial charge in [-0.3, -0.25) is 14.4 Å². The molecule has 2 unspecified atom stereocenters. The van der Waals surface area contributed by atoms with E-state index in [1.807, 2.05) is 61.5 Å². The van der Waals surface area contributed by atoms with Gasteiger partial charge in [0.1, 0.15) is 29.7 Å². The Balaban J connectivity index is 1.41. The highest BCUT2D eigenvalue weighted by Crippen LogP contribution is 2.63. The minimum absolute atomic E-state index is 0.0530. The quantitative estimate of drug-likeness (QED) is 0.177. The van der Waals surface area contributed by atoms with E-state index in [0.29, 0.717) is 31.2 Å². The van der Waals surface area contributed by atoms with Gasteiger partial charge in [-0.15, -0.1) is 18.3 Å². The van der Waals surface area contributed by atoms with E-state index in [1.54, 1.807) is 21.7 Å². The molecule has 1 spiro atoms. The average Bonchev–Trinajstić information content (AvgIpc) is 3.75. The summed E-state index contributed by atoms with van der Waals surface area (Å²) in [7, 11) is 0. The van der Waals surface area contributed by atoms with E-state index in [9.17, 15) is 19.5 Å². The Labute approximate surface area is 262 Å². The molecule has 3 fully saturated rings. The highest BCUT2D eigenvalue weighted by Gasteiger charge is 2.79. The molecule has 0 radical (unpaired) electrons. The van der Waals surface area contributed by atoms with Gasteiger partial charge in [-0.2, -0.15) is 0 Å². The molecule has 6 atom stereocenters. The van der Waals surface area contributed by atoms with Crippen LogP contribution in [0.15, 0.2) is 79.9 Å². The van der Waals surface area contributed by atoms with Crippen molar-refractivity contribution in [3.05, 3.63) is 85.5 Å². The third-order valence-electron chi connectivity index (χ3n) is 9.57. The number of hydrogen-bond donors (Lipinski definition) is 1. The zero-order chi connectivity index (χ0) is 31.8. The molecular weight excluding hydrogens is 574 g/mol. The fraction of sp³-hybridized carbons (Fsp3) is 0.441. The van der Waals surface area contributed by atoms with Gasteiger partial charge in [0.2, 0.25) is 11.8 Å². The van der Waals surface area contributed by atoms with Crippen LogP contribution in [0.2, 0.25) is 0 Å². The van der Waals surface area contributed by atoms with E-state index >= 15 is 0 Å². The maximum Gasteiger partial charge on any atom is 0.312 e. The summed E-state index contributed by atoms with van der Waals surface area (Å²) in [6.07, 6.45) is 4.95. The van der Waals surface area contributed by atoms with Crippen LogP contribution < -0.4 is 0 Å². The minimum Gasteiger partial charge on any atom is -0.465 e. The molecule has 3 aromatic rings. The third-order valence-corrected chi connectivity index (χ3v) is 9.57. The highest BCUT2D eigenvalue weighted by molar-refractivity contribution is 5.98. The van der Waals surface area contributed by atoms with Crippen LogP contribution in [0, 0.1) is 11.8 Å². The Hall–Kier alpha value is -4.35. The van der Waals surface area contributed by atoms with Crippen molar-refractivity contribution in [2.45, 2.75) is 62.6 Å². The number of benzene rings is 2. The molecule has 3 saturated heterocycles. The summed E-state index contributed by atoms with van der Waals surface area (Å²) >= 11 is 0. The summed E-state index contributed by atoms with van der Waals surface area (Å²) in [5, 5.41) is 19.2. The normalized spacial score (nSPS) is 27.4. The second-order valence-corrected chi connectivity index (χ2v) is 12.3. The van der Waals surface area contributed by atoms with Gasteiger partial charge in [0, 0.05) is 6.54 Å². The van der Waals surface area contributed by atoms with Crippen LogP contribution in [0.25, 0.3) is 11.0 Å². The molecule has 236 valence electrons. The Bertz CT molecular complexity index is 1610. The van der Waals surface area contributed by atoms with Crippen LogP contribution in [0.1, 0.15) is 31.7 Å². The molecule has 2 amide bonds. The lowest BCUT2D eigenvalue weighted by molar-refractivity contribution is -0.162. The van der Waals surface area contributed by atoms with E-state index in [0.717, 1.165) is 11.1 Å². The lowest BCUT2D eigenvalue weighted by Crippen LogP contribution is -2.59. The summed E-state index contributed by atoms with van der Waals surface area (Å²) in [5.74, 6) is -3.12. The van der Waals surface area contributed by atoms with Crippen molar-refractivity contribution in [2.24, 2.45) is 11.8 Å². The number of hydrogen-bond acceptors (Lipinski definition) is 8. The van der Waals surface area contributed by atoms with Crippen LogP contribution in [0.3, 0.4) is 0 Å². The third kappa shape index (κ3) is 5.13. The first kappa shape index (κ1) is 30.7. The average molecular weight is 614 g/mol. The second kappa shape index (κ2) is 12.2.